The number of non-ortho nitro benzene ring substituents is 1. The summed E-state index contributed by atoms with van der Waals surface area (Å²) in [5.41, 5.74) is 0.305. The molecule has 0 aromatic heterocycles. The SMILES string of the molecule is CC(C)(C)c1cc([N+](=O)[O-])cc(I)c1O. The Morgan fingerprint density at radius 2 is 1.93 bits per heavy atom. The first-order valence-electron chi connectivity index (χ1n) is 4.41. The molecule has 5 heteroatoms. The summed E-state index contributed by atoms with van der Waals surface area (Å²) in [6, 6.07) is 2.79. The summed E-state index contributed by atoms with van der Waals surface area (Å²) in [7, 11) is 0. The predicted octanol–water partition coefficient (Wildman–Crippen LogP) is 3.20. The minimum absolute atomic E-state index is 0.0159. The van der Waals surface area contributed by atoms with Crippen LogP contribution in [0.2, 0.25) is 0 Å². The third kappa shape index (κ3) is 2.58. The van der Waals surface area contributed by atoms with E-state index < -0.39 is 4.92 Å². The average Bonchev–Trinajstić information content (AvgIpc) is 2.06. The van der Waals surface area contributed by atoms with E-state index in [9.17, 15) is 15.2 Å². The number of hydrogen-bond acceptors (Lipinski definition) is 3. The van der Waals surface area contributed by atoms with Gasteiger partial charge in [-0.15, -0.1) is 0 Å². The van der Waals surface area contributed by atoms with Gasteiger partial charge in [-0.1, -0.05) is 20.8 Å². The van der Waals surface area contributed by atoms with Gasteiger partial charge < -0.3 is 5.11 Å². The second-order valence-electron chi connectivity index (χ2n) is 4.33. The van der Waals surface area contributed by atoms with Crippen molar-refractivity contribution in [2.75, 3.05) is 0 Å². The van der Waals surface area contributed by atoms with Crippen LogP contribution in [0.25, 0.3) is 0 Å². The molecule has 1 aromatic rings. The molecule has 0 saturated heterocycles. The van der Waals surface area contributed by atoms with E-state index in [-0.39, 0.29) is 16.9 Å². The molecule has 0 aliphatic rings. The number of phenols is 1. The van der Waals surface area contributed by atoms with Crippen LogP contribution in [0.1, 0.15) is 26.3 Å². The third-order valence-electron chi connectivity index (χ3n) is 2.07. The Morgan fingerprint density at radius 3 is 2.33 bits per heavy atom. The van der Waals surface area contributed by atoms with Crippen molar-refractivity contribution in [2.45, 2.75) is 26.2 Å². The summed E-state index contributed by atoms with van der Waals surface area (Å²) in [4.78, 5) is 10.2. The van der Waals surface area contributed by atoms with Crippen molar-refractivity contribution in [1.82, 2.24) is 0 Å². The normalized spacial score (nSPS) is 11.5. The molecule has 0 bridgehead atoms. The number of hydrogen-bond donors (Lipinski definition) is 1. The van der Waals surface area contributed by atoms with Crippen molar-refractivity contribution in [3.8, 4) is 5.75 Å². The van der Waals surface area contributed by atoms with Crippen LogP contribution in [0.15, 0.2) is 12.1 Å². The fraction of sp³-hybridized carbons (Fsp3) is 0.400. The summed E-state index contributed by atoms with van der Waals surface area (Å²) in [6.45, 7) is 5.71. The summed E-state index contributed by atoms with van der Waals surface area (Å²) >= 11 is 1.89. The zero-order valence-electron chi connectivity index (χ0n) is 8.74. The van der Waals surface area contributed by atoms with E-state index in [1.165, 1.54) is 12.1 Å². The Balaban J connectivity index is 3.45. The molecule has 0 unspecified atom stereocenters. The van der Waals surface area contributed by atoms with Gasteiger partial charge in [-0.2, -0.15) is 0 Å². The highest BCUT2D eigenvalue weighted by molar-refractivity contribution is 14.1. The average molecular weight is 321 g/mol. The van der Waals surface area contributed by atoms with Crippen LogP contribution in [-0.2, 0) is 5.41 Å². The lowest BCUT2D eigenvalue weighted by Crippen LogP contribution is -2.12. The van der Waals surface area contributed by atoms with Crippen LogP contribution < -0.4 is 0 Å². The smallest absolute Gasteiger partial charge is 0.271 e. The monoisotopic (exact) mass is 321 g/mol. The zero-order chi connectivity index (χ0) is 11.8. The van der Waals surface area contributed by atoms with Crippen molar-refractivity contribution < 1.29 is 10.0 Å². The largest absolute Gasteiger partial charge is 0.507 e. The van der Waals surface area contributed by atoms with Crippen molar-refractivity contribution in [3.05, 3.63) is 31.4 Å². The number of aromatic hydroxyl groups is 1. The van der Waals surface area contributed by atoms with Gasteiger partial charge in [-0.3, -0.25) is 10.1 Å². The van der Waals surface area contributed by atoms with Gasteiger partial charge in [0.15, 0.2) is 0 Å². The molecule has 1 aromatic carbocycles. The molecule has 0 aliphatic heterocycles. The lowest BCUT2D eigenvalue weighted by molar-refractivity contribution is -0.385. The predicted molar refractivity (Wildman–Crippen MR) is 66.2 cm³/mol. The summed E-state index contributed by atoms with van der Waals surface area (Å²) in [5.74, 6) is 0.133. The number of halogens is 1. The number of nitro benzene ring substituents is 1. The molecular formula is C10H12INO3. The zero-order valence-corrected chi connectivity index (χ0v) is 10.9. The molecule has 0 radical (unpaired) electrons. The quantitative estimate of drug-likeness (QED) is 0.491. The maximum absolute atomic E-state index is 10.7. The fourth-order valence-corrected chi connectivity index (χ4v) is 1.87. The van der Waals surface area contributed by atoms with Gasteiger partial charge in [-0.05, 0) is 28.0 Å². The molecule has 0 saturated carbocycles. The Morgan fingerprint density at radius 1 is 1.40 bits per heavy atom. The van der Waals surface area contributed by atoms with Crippen LogP contribution in [0.3, 0.4) is 0 Å². The van der Waals surface area contributed by atoms with Gasteiger partial charge in [-0.25, -0.2) is 0 Å². The minimum Gasteiger partial charge on any atom is -0.507 e. The van der Waals surface area contributed by atoms with Crippen LogP contribution in [0.5, 0.6) is 5.75 Å². The molecule has 0 amide bonds. The van der Waals surface area contributed by atoms with Crippen molar-refractivity contribution in [1.29, 1.82) is 0 Å². The van der Waals surface area contributed by atoms with E-state index in [1.807, 2.05) is 43.4 Å². The number of nitrogens with zero attached hydrogens (tertiary/aromatic N) is 1. The fourth-order valence-electron chi connectivity index (χ4n) is 1.26. The molecule has 0 aliphatic carbocycles. The maximum atomic E-state index is 10.7. The van der Waals surface area contributed by atoms with E-state index in [2.05, 4.69) is 0 Å². The second-order valence-corrected chi connectivity index (χ2v) is 5.49. The van der Waals surface area contributed by atoms with Crippen LogP contribution in [-0.4, -0.2) is 10.0 Å². The second kappa shape index (κ2) is 3.96. The molecule has 1 N–H and O–H groups in total. The number of rotatable bonds is 1. The van der Waals surface area contributed by atoms with Crippen LogP contribution in [0.4, 0.5) is 5.69 Å². The highest BCUT2D eigenvalue weighted by atomic mass is 127. The van der Waals surface area contributed by atoms with E-state index in [0.29, 0.717) is 9.13 Å². The molecular weight excluding hydrogens is 309 g/mol. The molecule has 82 valence electrons. The first kappa shape index (κ1) is 12.2. The van der Waals surface area contributed by atoms with Gasteiger partial charge in [0.2, 0.25) is 0 Å². The molecule has 4 nitrogen and oxygen atoms in total. The molecule has 1 rings (SSSR count). The van der Waals surface area contributed by atoms with E-state index in [1.54, 1.807) is 0 Å². The number of nitro groups is 1. The standard InChI is InChI=1S/C10H12INO3/c1-10(2,3)7-4-6(12(14)15)5-8(11)9(7)13/h4-5,13H,1-3H3. The Labute approximate surface area is 102 Å². The molecule has 0 heterocycles. The first-order chi connectivity index (χ1) is 6.73. The van der Waals surface area contributed by atoms with E-state index >= 15 is 0 Å². The highest BCUT2D eigenvalue weighted by Gasteiger charge is 2.23. The van der Waals surface area contributed by atoms with Gasteiger partial charge in [0.1, 0.15) is 5.75 Å². The molecule has 0 spiro atoms. The lowest BCUT2D eigenvalue weighted by Gasteiger charge is -2.20. The Hall–Kier alpha value is -0.850. The molecule has 0 atom stereocenters. The molecule has 15 heavy (non-hydrogen) atoms. The maximum Gasteiger partial charge on any atom is 0.271 e. The summed E-state index contributed by atoms with van der Waals surface area (Å²) in [6.07, 6.45) is 0. The minimum atomic E-state index is -0.448. The first-order valence-corrected chi connectivity index (χ1v) is 5.48. The topological polar surface area (TPSA) is 63.4 Å². The Kier molecular flexibility index (Phi) is 3.22. The third-order valence-corrected chi connectivity index (χ3v) is 2.89. The summed E-state index contributed by atoms with van der Waals surface area (Å²) < 4.78 is 0.506. The van der Waals surface area contributed by atoms with E-state index in [0.717, 1.165) is 0 Å². The van der Waals surface area contributed by atoms with Crippen LogP contribution >= 0.6 is 22.6 Å². The van der Waals surface area contributed by atoms with Gasteiger partial charge >= 0.3 is 0 Å². The lowest BCUT2D eigenvalue weighted by atomic mass is 9.86. The van der Waals surface area contributed by atoms with Crippen LogP contribution in [0, 0.1) is 13.7 Å². The highest BCUT2D eigenvalue weighted by Crippen LogP contribution is 2.36. The van der Waals surface area contributed by atoms with Gasteiger partial charge in [0.25, 0.3) is 5.69 Å². The number of benzene rings is 1. The van der Waals surface area contributed by atoms with Gasteiger partial charge in [0, 0.05) is 17.7 Å². The Bertz CT molecular complexity index is 410. The van der Waals surface area contributed by atoms with E-state index in [4.69, 9.17) is 0 Å². The van der Waals surface area contributed by atoms with Crippen molar-refractivity contribution in [3.63, 3.8) is 0 Å². The van der Waals surface area contributed by atoms with Gasteiger partial charge in [0.05, 0.1) is 8.49 Å². The number of phenolic OH excluding ortho intramolecular Hbond substituents is 1. The molecule has 0 fully saturated rings. The van der Waals surface area contributed by atoms with Crippen molar-refractivity contribution in [2.24, 2.45) is 0 Å². The summed E-state index contributed by atoms with van der Waals surface area (Å²) in [5, 5.41) is 20.5. The van der Waals surface area contributed by atoms with Crippen molar-refractivity contribution >= 4 is 28.3 Å².